The summed E-state index contributed by atoms with van der Waals surface area (Å²) in [6, 6.07) is 6.53. The zero-order valence-corrected chi connectivity index (χ0v) is 17.7. The molecule has 2 aliphatic carbocycles. The van der Waals surface area contributed by atoms with Gasteiger partial charge in [0.2, 0.25) is 10.0 Å². The maximum Gasteiger partial charge on any atom is 0.251 e. The van der Waals surface area contributed by atoms with Gasteiger partial charge in [0.05, 0.1) is 18.1 Å². The summed E-state index contributed by atoms with van der Waals surface area (Å²) in [4.78, 5) is 13.1. The average Bonchev–Trinajstić information content (AvgIpc) is 3.02. The number of benzene rings is 1. The molecule has 7 heteroatoms. The van der Waals surface area contributed by atoms with Crippen molar-refractivity contribution < 1.29 is 17.9 Å². The molecule has 28 heavy (non-hydrogen) atoms. The van der Waals surface area contributed by atoms with Gasteiger partial charge in [-0.05, 0) is 54.2 Å². The number of carbonyl (C=O) groups is 1. The van der Waals surface area contributed by atoms with Gasteiger partial charge in [0.1, 0.15) is 0 Å². The number of rotatable bonds is 4. The Morgan fingerprint density at radius 2 is 1.93 bits per heavy atom. The van der Waals surface area contributed by atoms with E-state index in [0.717, 1.165) is 12.8 Å². The van der Waals surface area contributed by atoms with Crippen molar-refractivity contribution in [2.75, 3.05) is 26.3 Å². The van der Waals surface area contributed by atoms with E-state index >= 15 is 0 Å². The third kappa shape index (κ3) is 2.99. The predicted octanol–water partition coefficient (Wildman–Crippen LogP) is 2.65. The van der Waals surface area contributed by atoms with Crippen LogP contribution < -0.4 is 5.32 Å². The van der Waals surface area contributed by atoms with E-state index in [9.17, 15) is 13.2 Å². The summed E-state index contributed by atoms with van der Waals surface area (Å²) < 4.78 is 32.4. The third-order valence-electron chi connectivity index (χ3n) is 7.80. The number of nitrogens with zero attached hydrogens (tertiary/aromatic N) is 1. The first-order chi connectivity index (χ1) is 13.2. The van der Waals surface area contributed by atoms with E-state index in [4.69, 9.17) is 4.74 Å². The van der Waals surface area contributed by atoms with Crippen molar-refractivity contribution in [1.82, 2.24) is 9.62 Å². The number of fused-ring (bicyclic) bond motifs is 2. The quantitative estimate of drug-likeness (QED) is 0.834. The number of carbonyl (C=O) groups excluding carboxylic acids is 1. The van der Waals surface area contributed by atoms with E-state index in [0.29, 0.717) is 37.8 Å². The molecule has 0 radical (unpaired) electrons. The van der Waals surface area contributed by atoms with E-state index in [2.05, 4.69) is 26.1 Å². The standard InChI is InChI=1S/C21H30N2O4S/c1-20(2)16-7-8-21(20,3)18(14-16)22-19(24)15-5-4-6-17(13-15)28(25,26)23-9-11-27-12-10-23/h4-6,13,16,18H,7-12,14H2,1-3H3,(H,22,24). The third-order valence-corrected chi connectivity index (χ3v) is 9.70. The van der Waals surface area contributed by atoms with Crippen molar-refractivity contribution in [3.8, 4) is 0 Å². The van der Waals surface area contributed by atoms with Gasteiger partial charge in [0.15, 0.2) is 0 Å². The van der Waals surface area contributed by atoms with Gasteiger partial charge < -0.3 is 10.1 Å². The molecule has 1 N–H and O–H groups in total. The highest BCUT2D eigenvalue weighted by molar-refractivity contribution is 7.89. The molecule has 2 saturated carbocycles. The number of ether oxygens (including phenoxy) is 1. The van der Waals surface area contributed by atoms with Gasteiger partial charge in [-0.2, -0.15) is 4.31 Å². The summed E-state index contributed by atoms with van der Waals surface area (Å²) in [6.45, 7) is 8.39. The van der Waals surface area contributed by atoms with Gasteiger partial charge >= 0.3 is 0 Å². The predicted molar refractivity (Wildman–Crippen MR) is 107 cm³/mol. The van der Waals surface area contributed by atoms with Crippen LogP contribution in [0.3, 0.4) is 0 Å². The minimum atomic E-state index is -3.61. The molecule has 6 nitrogen and oxygen atoms in total. The van der Waals surface area contributed by atoms with Gasteiger partial charge in [-0.3, -0.25) is 4.79 Å². The molecule has 4 rings (SSSR count). The van der Waals surface area contributed by atoms with E-state index in [1.165, 1.54) is 16.8 Å². The Kier molecular flexibility index (Phi) is 4.83. The summed E-state index contributed by atoms with van der Waals surface area (Å²) >= 11 is 0. The van der Waals surface area contributed by atoms with Crippen molar-refractivity contribution in [3.63, 3.8) is 0 Å². The monoisotopic (exact) mass is 406 g/mol. The highest BCUT2D eigenvalue weighted by atomic mass is 32.2. The molecule has 3 aliphatic rings. The topological polar surface area (TPSA) is 75.7 Å². The second kappa shape index (κ2) is 6.82. The fourth-order valence-corrected chi connectivity index (χ4v) is 6.85. The zero-order valence-electron chi connectivity index (χ0n) is 16.9. The van der Waals surface area contributed by atoms with Crippen LogP contribution in [0.1, 0.15) is 50.4 Å². The Morgan fingerprint density at radius 3 is 2.54 bits per heavy atom. The number of morpholine rings is 1. The second-order valence-electron chi connectivity index (χ2n) is 9.18. The summed E-state index contributed by atoms with van der Waals surface area (Å²) in [5.74, 6) is 0.449. The van der Waals surface area contributed by atoms with Gasteiger partial charge in [0.25, 0.3) is 5.91 Å². The molecule has 2 bridgehead atoms. The van der Waals surface area contributed by atoms with Crippen LogP contribution in [0, 0.1) is 16.7 Å². The Balaban J connectivity index is 1.53. The van der Waals surface area contributed by atoms with E-state index < -0.39 is 10.0 Å². The molecule has 3 unspecified atom stereocenters. The fourth-order valence-electron chi connectivity index (χ4n) is 5.40. The first-order valence-corrected chi connectivity index (χ1v) is 11.6. The van der Waals surface area contributed by atoms with Crippen molar-refractivity contribution in [2.45, 2.75) is 51.0 Å². The fraction of sp³-hybridized carbons (Fsp3) is 0.667. The van der Waals surface area contributed by atoms with Crippen molar-refractivity contribution >= 4 is 15.9 Å². The summed E-state index contributed by atoms with van der Waals surface area (Å²) in [7, 11) is -3.61. The molecule has 1 aliphatic heterocycles. The Hall–Kier alpha value is -1.44. The van der Waals surface area contributed by atoms with Crippen LogP contribution >= 0.6 is 0 Å². The number of amides is 1. The summed E-state index contributed by atoms with van der Waals surface area (Å²) in [5, 5.41) is 3.21. The molecule has 3 fully saturated rings. The molecule has 1 amide bonds. The van der Waals surface area contributed by atoms with Crippen LogP contribution in [-0.2, 0) is 14.8 Å². The largest absolute Gasteiger partial charge is 0.379 e. The Bertz CT molecular complexity index is 876. The van der Waals surface area contributed by atoms with Gasteiger partial charge in [-0.25, -0.2) is 8.42 Å². The Labute approximate surface area is 167 Å². The van der Waals surface area contributed by atoms with Crippen molar-refractivity contribution in [3.05, 3.63) is 29.8 Å². The molecule has 0 spiro atoms. The maximum absolute atomic E-state index is 12.9. The molecule has 1 aromatic rings. The first kappa shape index (κ1) is 19.9. The number of sulfonamides is 1. The van der Waals surface area contributed by atoms with E-state index in [1.807, 2.05) is 0 Å². The molecule has 0 aromatic heterocycles. The highest BCUT2D eigenvalue weighted by Gasteiger charge is 2.61. The lowest BCUT2D eigenvalue weighted by atomic mass is 9.69. The van der Waals surface area contributed by atoms with Crippen molar-refractivity contribution in [2.24, 2.45) is 16.7 Å². The molecule has 154 valence electrons. The highest BCUT2D eigenvalue weighted by Crippen LogP contribution is 2.65. The number of nitrogens with one attached hydrogen (secondary N) is 1. The van der Waals surface area contributed by atoms with Crippen LogP contribution in [0.4, 0.5) is 0 Å². The van der Waals surface area contributed by atoms with Crippen LogP contribution in [0.25, 0.3) is 0 Å². The van der Waals surface area contributed by atoms with Crippen molar-refractivity contribution in [1.29, 1.82) is 0 Å². The maximum atomic E-state index is 12.9. The Morgan fingerprint density at radius 1 is 1.21 bits per heavy atom. The van der Waals surface area contributed by atoms with Crippen LogP contribution in [-0.4, -0.2) is 51.0 Å². The van der Waals surface area contributed by atoms with Crippen LogP contribution in [0.5, 0.6) is 0 Å². The van der Waals surface area contributed by atoms with Crippen LogP contribution in [0.2, 0.25) is 0 Å². The summed E-state index contributed by atoms with van der Waals surface area (Å²) in [5.41, 5.74) is 0.704. The molecular weight excluding hydrogens is 376 g/mol. The lowest BCUT2D eigenvalue weighted by molar-refractivity contribution is 0.0730. The van der Waals surface area contributed by atoms with Crippen LogP contribution in [0.15, 0.2) is 29.2 Å². The minimum absolute atomic E-state index is 0.0881. The molecule has 1 saturated heterocycles. The number of hydrogen-bond acceptors (Lipinski definition) is 4. The molecular formula is C21H30N2O4S. The summed E-state index contributed by atoms with van der Waals surface area (Å²) in [6.07, 6.45) is 3.35. The first-order valence-electron chi connectivity index (χ1n) is 10.1. The van der Waals surface area contributed by atoms with Gasteiger partial charge in [-0.1, -0.05) is 26.8 Å². The number of hydrogen-bond donors (Lipinski definition) is 1. The average molecular weight is 407 g/mol. The van der Waals surface area contributed by atoms with Gasteiger partial charge in [-0.15, -0.1) is 0 Å². The minimum Gasteiger partial charge on any atom is -0.379 e. The smallest absolute Gasteiger partial charge is 0.251 e. The van der Waals surface area contributed by atoms with E-state index in [1.54, 1.807) is 18.2 Å². The van der Waals surface area contributed by atoms with E-state index in [-0.39, 0.29) is 27.7 Å². The molecule has 3 atom stereocenters. The lowest BCUT2D eigenvalue weighted by Crippen LogP contribution is -2.46. The SMILES string of the molecule is CC1(C)C2CCC1(C)C(NC(=O)c1cccc(S(=O)(=O)N3CCOCC3)c1)C2. The molecule has 1 heterocycles. The van der Waals surface area contributed by atoms with Gasteiger partial charge in [0, 0.05) is 24.7 Å². The normalized spacial score (nSPS) is 32.4. The molecule has 1 aromatic carbocycles. The second-order valence-corrected chi connectivity index (χ2v) is 11.1. The lowest BCUT2D eigenvalue weighted by Gasteiger charge is -2.39. The zero-order chi connectivity index (χ0) is 20.2.